The summed E-state index contributed by atoms with van der Waals surface area (Å²) in [5, 5.41) is 22.2. The summed E-state index contributed by atoms with van der Waals surface area (Å²) in [5.41, 5.74) is 4.91. The Morgan fingerprint density at radius 1 is 1.34 bits per heavy atom. The molecule has 3 unspecified atom stereocenters. The Hall–Kier alpha value is -2.91. The fraction of sp³-hybridized carbons (Fsp3) is 0.435. The number of aromatic nitrogens is 5. The number of anilines is 1. The number of nitrogens with one attached hydrogen (secondary N) is 1. The summed E-state index contributed by atoms with van der Waals surface area (Å²) in [4.78, 5) is 22.6. The lowest BCUT2D eigenvalue weighted by Gasteiger charge is -2.12. The van der Waals surface area contributed by atoms with Gasteiger partial charge in [-0.05, 0) is 49.8 Å². The summed E-state index contributed by atoms with van der Waals surface area (Å²) in [6.45, 7) is 6.07. The fourth-order valence-corrected chi connectivity index (χ4v) is 5.24. The van der Waals surface area contributed by atoms with Crippen molar-refractivity contribution in [1.82, 2.24) is 24.6 Å². The first-order valence-corrected chi connectivity index (χ1v) is 11.9. The molecule has 1 amide bonds. The van der Waals surface area contributed by atoms with Crippen LogP contribution in [-0.2, 0) is 4.79 Å². The van der Waals surface area contributed by atoms with Crippen LogP contribution in [0.2, 0.25) is 0 Å². The Labute approximate surface area is 189 Å². The molecule has 1 saturated carbocycles. The number of carbonyl (C=O) groups is 1. The van der Waals surface area contributed by atoms with Gasteiger partial charge in [-0.2, -0.15) is 0 Å². The lowest BCUT2D eigenvalue weighted by Crippen LogP contribution is -2.14. The van der Waals surface area contributed by atoms with Crippen LogP contribution in [0.1, 0.15) is 56.9 Å². The summed E-state index contributed by atoms with van der Waals surface area (Å²) in [7, 11) is 0. The van der Waals surface area contributed by atoms with Crippen LogP contribution in [0.15, 0.2) is 24.7 Å². The number of carbonyl (C=O) groups excluding carboxylic acids is 1. The van der Waals surface area contributed by atoms with Crippen LogP contribution in [0, 0.1) is 18.8 Å². The van der Waals surface area contributed by atoms with E-state index in [2.05, 4.69) is 32.4 Å². The molecule has 4 aromatic heterocycles. The molecule has 8 nitrogen and oxygen atoms in total. The number of hydrogen-bond donors (Lipinski definition) is 2. The molecule has 5 rings (SSSR count). The van der Waals surface area contributed by atoms with Crippen molar-refractivity contribution in [3.05, 3.63) is 35.9 Å². The van der Waals surface area contributed by atoms with Crippen molar-refractivity contribution in [2.24, 2.45) is 11.8 Å². The van der Waals surface area contributed by atoms with Crippen molar-refractivity contribution >= 4 is 38.4 Å². The molecule has 0 spiro atoms. The highest BCUT2D eigenvalue weighted by Crippen LogP contribution is 2.43. The molecule has 1 aliphatic rings. The summed E-state index contributed by atoms with van der Waals surface area (Å²) < 4.78 is 1.91. The van der Waals surface area contributed by atoms with Gasteiger partial charge in [0, 0.05) is 23.2 Å². The smallest absolute Gasteiger partial charge is 0.229 e. The van der Waals surface area contributed by atoms with Crippen molar-refractivity contribution in [1.29, 1.82) is 0 Å². The molecule has 0 aromatic carbocycles. The maximum absolute atomic E-state index is 12.6. The quantitative estimate of drug-likeness (QED) is 0.429. The highest BCUT2D eigenvalue weighted by atomic mass is 32.1. The molecule has 0 saturated heterocycles. The number of aliphatic hydroxyl groups excluding tert-OH is 1. The third kappa shape index (κ3) is 3.65. The van der Waals surface area contributed by atoms with Gasteiger partial charge in [-0.1, -0.05) is 31.6 Å². The van der Waals surface area contributed by atoms with E-state index in [1.165, 1.54) is 11.3 Å². The van der Waals surface area contributed by atoms with Gasteiger partial charge in [-0.3, -0.25) is 14.2 Å². The van der Waals surface area contributed by atoms with Gasteiger partial charge in [0.25, 0.3) is 0 Å². The molecule has 2 N–H and O–H groups in total. The van der Waals surface area contributed by atoms with Gasteiger partial charge in [0.2, 0.25) is 5.91 Å². The van der Waals surface area contributed by atoms with Crippen LogP contribution >= 0.6 is 11.3 Å². The average molecular weight is 451 g/mol. The van der Waals surface area contributed by atoms with E-state index < -0.39 is 6.10 Å². The second-order valence-corrected chi connectivity index (χ2v) is 9.50. The molecular formula is C23H26N6O2S. The largest absolute Gasteiger partial charge is 0.387 e. The highest BCUT2D eigenvalue weighted by molar-refractivity contribution is 7.22. The molecule has 3 atom stereocenters. The first-order valence-electron chi connectivity index (χ1n) is 11.1. The van der Waals surface area contributed by atoms with Gasteiger partial charge in [0.15, 0.2) is 10.8 Å². The van der Waals surface area contributed by atoms with Crippen LogP contribution in [0.4, 0.5) is 5.13 Å². The van der Waals surface area contributed by atoms with Crippen molar-refractivity contribution in [3.8, 4) is 11.1 Å². The van der Waals surface area contributed by atoms with Crippen molar-refractivity contribution in [2.75, 3.05) is 5.32 Å². The van der Waals surface area contributed by atoms with E-state index in [1.807, 2.05) is 30.4 Å². The van der Waals surface area contributed by atoms with Gasteiger partial charge < -0.3 is 10.4 Å². The van der Waals surface area contributed by atoms with Gasteiger partial charge in [-0.25, -0.2) is 4.98 Å². The van der Waals surface area contributed by atoms with E-state index in [4.69, 9.17) is 0 Å². The summed E-state index contributed by atoms with van der Waals surface area (Å²) in [6.07, 6.45) is 6.65. The second kappa shape index (κ2) is 8.22. The average Bonchev–Trinajstić information content (AvgIpc) is 3.18. The Kier molecular flexibility index (Phi) is 5.38. The Balaban J connectivity index is 1.51. The van der Waals surface area contributed by atoms with E-state index in [1.54, 1.807) is 12.5 Å². The monoisotopic (exact) mass is 450 g/mol. The number of thiazole rings is 1. The number of nitrogens with zero attached hydrogens (tertiary/aromatic N) is 5. The zero-order valence-electron chi connectivity index (χ0n) is 18.4. The fourth-order valence-electron chi connectivity index (χ4n) is 4.32. The lowest BCUT2D eigenvalue weighted by atomic mass is 10.0. The van der Waals surface area contributed by atoms with E-state index >= 15 is 0 Å². The number of aliphatic hydroxyl groups is 1. The van der Waals surface area contributed by atoms with Gasteiger partial charge in [-0.15, -0.1) is 10.2 Å². The summed E-state index contributed by atoms with van der Waals surface area (Å²) in [5.74, 6) is 0.682. The van der Waals surface area contributed by atoms with Crippen LogP contribution in [0.25, 0.3) is 27.1 Å². The van der Waals surface area contributed by atoms with Gasteiger partial charge in [0.05, 0.1) is 11.8 Å². The minimum atomic E-state index is -0.577. The number of fused-ring (bicyclic) bond motifs is 3. The number of pyridine rings is 2. The minimum absolute atomic E-state index is 0.0628. The topological polar surface area (TPSA) is 105 Å². The van der Waals surface area contributed by atoms with Crippen molar-refractivity contribution < 1.29 is 9.90 Å². The number of amides is 1. The minimum Gasteiger partial charge on any atom is -0.387 e. The molecular weight excluding hydrogens is 424 g/mol. The number of rotatable bonds is 7. The summed E-state index contributed by atoms with van der Waals surface area (Å²) in [6, 6.07) is 3.89. The maximum Gasteiger partial charge on any atom is 0.229 e. The molecule has 4 aromatic rings. The molecule has 4 heterocycles. The number of aryl methyl sites for hydroxylation is 1. The Bertz CT molecular complexity index is 1310. The normalized spacial score (nSPS) is 18.9. The van der Waals surface area contributed by atoms with Crippen molar-refractivity contribution in [3.63, 3.8) is 0 Å². The van der Waals surface area contributed by atoms with Gasteiger partial charge >= 0.3 is 0 Å². The molecule has 0 bridgehead atoms. The molecule has 166 valence electrons. The zero-order valence-corrected chi connectivity index (χ0v) is 19.2. The Morgan fingerprint density at radius 2 is 2.19 bits per heavy atom. The Morgan fingerprint density at radius 3 is 2.94 bits per heavy atom. The molecule has 9 heteroatoms. The lowest BCUT2D eigenvalue weighted by molar-refractivity contribution is -0.117. The predicted molar refractivity (Wildman–Crippen MR) is 125 cm³/mol. The third-order valence-electron chi connectivity index (χ3n) is 6.22. The van der Waals surface area contributed by atoms with E-state index in [9.17, 15) is 9.90 Å². The molecule has 0 radical (unpaired) electrons. The van der Waals surface area contributed by atoms with Crippen LogP contribution in [-0.4, -0.2) is 35.6 Å². The standard InChI is InChI=1S/C23H26N6O2S/c1-4-6-13-8-14(13)21(31)27-23-26-18-9-15(20-28-25-11-29(20)22(18)32-23)16-10-24-17(7-12(16)3)19(30)5-2/h7,9-11,13-14,19,30H,4-6,8H2,1-3H3,(H,26,27,31). The van der Waals surface area contributed by atoms with E-state index in [0.29, 0.717) is 28.8 Å². The van der Waals surface area contributed by atoms with Crippen LogP contribution < -0.4 is 5.32 Å². The second-order valence-electron chi connectivity index (χ2n) is 8.52. The molecule has 1 aliphatic carbocycles. The predicted octanol–water partition coefficient (Wildman–Crippen LogP) is 4.53. The van der Waals surface area contributed by atoms with Crippen LogP contribution in [0.5, 0.6) is 0 Å². The highest BCUT2D eigenvalue weighted by Gasteiger charge is 2.42. The van der Waals surface area contributed by atoms with Gasteiger partial charge in [0.1, 0.15) is 16.7 Å². The SMILES string of the molecule is CCCC1CC1C(=O)Nc1nc2cc(-c3cnc(C(O)CC)cc3C)c3nncn3c2s1. The molecule has 32 heavy (non-hydrogen) atoms. The first-order chi connectivity index (χ1) is 15.5. The van der Waals surface area contributed by atoms with Crippen LogP contribution in [0.3, 0.4) is 0 Å². The first kappa shape index (κ1) is 21.0. The van der Waals surface area contributed by atoms with E-state index in [-0.39, 0.29) is 11.8 Å². The third-order valence-corrected chi connectivity index (χ3v) is 7.21. The summed E-state index contributed by atoms with van der Waals surface area (Å²) >= 11 is 1.43. The molecule has 0 aliphatic heterocycles. The van der Waals surface area contributed by atoms with Crippen molar-refractivity contribution in [2.45, 2.75) is 52.6 Å². The maximum atomic E-state index is 12.6. The number of hydrogen-bond acceptors (Lipinski definition) is 7. The van der Waals surface area contributed by atoms with E-state index in [0.717, 1.165) is 46.3 Å². The molecule has 1 fully saturated rings. The zero-order chi connectivity index (χ0) is 22.4.